The van der Waals surface area contributed by atoms with E-state index in [1.54, 1.807) is 6.07 Å². The number of nitrogens with zero attached hydrogens (tertiary/aromatic N) is 2. The van der Waals surface area contributed by atoms with Gasteiger partial charge in [-0.15, -0.1) is 13.2 Å². The van der Waals surface area contributed by atoms with Gasteiger partial charge in [-0.2, -0.15) is 0 Å². The molecule has 0 aliphatic carbocycles. The van der Waals surface area contributed by atoms with E-state index in [0.29, 0.717) is 42.0 Å². The molecule has 37 heavy (non-hydrogen) atoms. The van der Waals surface area contributed by atoms with Crippen molar-refractivity contribution in [2.45, 2.75) is 38.3 Å². The third kappa shape index (κ3) is 6.55. The molecular weight excluding hydrogens is 494 g/mol. The molecule has 1 aromatic heterocycles. The number of benzene rings is 2. The van der Waals surface area contributed by atoms with Gasteiger partial charge < -0.3 is 25.2 Å². The number of pyridine rings is 1. The fourth-order valence-corrected chi connectivity index (χ4v) is 4.02. The highest BCUT2D eigenvalue weighted by Gasteiger charge is 2.31. The van der Waals surface area contributed by atoms with Gasteiger partial charge in [0.15, 0.2) is 0 Å². The third-order valence-electron chi connectivity index (χ3n) is 5.85. The van der Waals surface area contributed by atoms with Crippen LogP contribution in [-0.2, 0) is 5.60 Å². The van der Waals surface area contributed by atoms with Gasteiger partial charge in [0.05, 0.1) is 17.3 Å². The van der Waals surface area contributed by atoms with Gasteiger partial charge in [-0.25, -0.2) is 9.37 Å². The van der Waals surface area contributed by atoms with Gasteiger partial charge >= 0.3 is 6.36 Å². The molecule has 1 atom stereocenters. The molecule has 3 aromatic rings. The maximum Gasteiger partial charge on any atom is 0.573 e. The van der Waals surface area contributed by atoms with Gasteiger partial charge in [0, 0.05) is 30.5 Å². The van der Waals surface area contributed by atoms with Gasteiger partial charge in [0.2, 0.25) is 0 Å². The summed E-state index contributed by atoms with van der Waals surface area (Å²) in [5, 5.41) is 23.0. The largest absolute Gasteiger partial charge is 0.573 e. The Morgan fingerprint density at radius 3 is 2.43 bits per heavy atom. The van der Waals surface area contributed by atoms with E-state index in [-0.39, 0.29) is 11.3 Å². The fraction of sp³-hybridized carbons (Fsp3) is 0.308. The summed E-state index contributed by atoms with van der Waals surface area (Å²) in [4.78, 5) is 19.2. The zero-order valence-corrected chi connectivity index (χ0v) is 20.0. The molecule has 7 nitrogen and oxygen atoms in total. The topological polar surface area (TPSA) is 94.9 Å². The van der Waals surface area contributed by atoms with Crippen LogP contribution in [0.15, 0.2) is 54.7 Å². The minimum Gasteiger partial charge on any atom is -0.406 e. The number of alkyl halides is 3. The van der Waals surface area contributed by atoms with Gasteiger partial charge in [-0.05, 0) is 79.9 Å². The van der Waals surface area contributed by atoms with Crippen LogP contribution in [-0.4, -0.2) is 46.7 Å². The fourth-order valence-electron chi connectivity index (χ4n) is 4.02. The number of aliphatic hydroxyl groups is 2. The molecule has 1 amide bonds. The van der Waals surface area contributed by atoms with E-state index >= 15 is 0 Å². The molecule has 1 saturated heterocycles. The first-order valence-electron chi connectivity index (χ1n) is 11.4. The van der Waals surface area contributed by atoms with Crippen molar-refractivity contribution in [3.63, 3.8) is 0 Å². The summed E-state index contributed by atoms with van der Waals surface area (Å²) in [5.74, 6) is -1.17. The van der Waals surface area contributed by atoms with Gasteiger partial charge in [0.1, 0.15) is 17.4 Å². The van der Waals surface area contributed by atoms with E-state index in [9.17, 15) is 32.6 Å². The predicted molar refractivity (Wildman–Crippen MR) is 129 cm³/mol. The first kappa shape index (κ1) is 26.4. The Bertz CT molecular complexity index is 1290. The van der Waals surface area contributed by atoms with Crippen molar-refractivity contribution in [2.24, 2.45) is 0 Å². The average molecular weight is 519 g/mol. The van der Waals surface area contributed by atoms with Crippen molar-refractivity contribution in [3.05, 3.63) is 71.7 Å². The van der Waals surface area contributed by atoms with Crippen LogP contribution in [0.25, 0.3) is 11.1 Å². The number of carbonyl (C=O) groups excluding carboxylic acids is 1. The molecule has 0 bridgehead atoms. The monoisotopic (exact) mass is 519 g/mol. The molecule has 11 heteroatoms. The molecular formula is C26H25F4N3O4. The predicted octanol–water partition coefficient (Wildman–Crippen LogP) is 4.84. The number of halogens is 4. The molecule has 0 unspecified atom stereocenters. The van der Waals surface area contributed by atoms with Crippen LogP contribution in [0.2, 0.25) is 0 Å². The maximum atomic E-state index is 14.6. The number of nitrogens with one attached hydrogen (secondary N) is 1. The average Bonchev–Trinajstić information content (AvgIpc) is 3.24. The van der Waals surface area contributed by atoms with E-state index in [4.69, 9.17) is 0 Å². The second-order valence-corrected chi connectivity index (χ2v) is 9.30. The number of carbonyl (C=O) groups is 1. The smallest absolute Gasteiger partial charge is 0.406 e. The van der Waals surface area contributed by atoms with E-state index in [1.165, 1.54) is 50.4 Å². The maximum absolute atomic E-state index is 14.6. The second-order valence-electron chi connectivity index (χ2n) is 9.30. The molecule has 0 saturated carbocycles. The molecule has 196 valence electrons. The summed E-state index contributed by atoms with van der Waals surface area (Å²) in [7, 11) is 0. The molecule has 0 spiro atoms. The zero-order chi connectivity index (χ0) is 27.0. The molecule has 1 aliphatic rings. The Morgan fingerprint density at radius 1 is 1.14 bits per heavy atom. The minimum atomic E-state index is -4.83. The van der Waals surface area contributed by atoms with Crippen molar-refractivity contribution in [3.8, 4) is 16.9 Å². The molecule has 1 aliphatic heterocycles. The quantitative estimate of drug-likeness (QED) is 0.404. The number of amides is 1. The lowest BCUT2D eigenvalue weighted by Gasteiger charge is -2.23. The summed E-state index contributed by atoms with van der Waals surface area (Å²) in [6.07, 6.45) is -3.53. The van der Waals surface area contributed by atoms with Crippen LogP contribution in [0.1, 0.15) is 36.2 Å². The highest BCUT2D eigenvalue weighted by atomic mass is 19.4. The van der Waals surface area contributed by atoms with Crippen LogP contribution >= 0.6 is 0 Å². The van der Waals surface area contributed by atoms with Crippen LogP contribution in [0.3, 0.4) is 0 Å². The molecule has 3 N–H and O–H groups in total. The molecule has 0 radical (unpaired) electrons. The summed E-state index contributed by atoms with van der Waals surface area (Å²) in [6, 6.07) is 10.3. The lowest BCUT2D eigenvalue weighted by atomic mass is 9.93. The Morgan fingerprint density at radius 2 is 1.84 bits per heavy atom. The van der Waals surface area contributed by atoms with E-state index in [0.717, 1.165) is 12.1 Å². The Kier molecular flexibility index (Phi) is 7.11. The molecule has 1 fully saturated rings. The summed E-state index contributed by atoms with van der Waals surface area (Å²) < 4.78 is 55.5. The summed E-state index contributed by atoms with van der Waals surface area (Å²) in [5.41, 5.74) is 0.132. The standard InChI is InChI=1S/C26H25F4N3O4/c1-25(2,36)17-9-15(10-18(27)12-17)22-11-16(13-31-23(22)33-8-7-20(34)14-33)24(35)32-19-3-5-21(6-4-19)37-26(28,29)30/h3-6,9-13,20,34,36H,7-8,14H2,1-2H3,(H,32,35)/t20-/m1/s1. The molecule has 4 rings (SSSR count). The Labute approximate surface area is 210 Å². The van der Waals surface area contributed by atoms with Crippen molar-refractivity contribution in [2.75, 3.05) is 23.3 Å². The third-order valence-corrected chi connectivity index (χ3v) is 5.85. The van der Waals surface area contributed by atoms with E-state index in [2.05, 4.69) is 15.0 Å². The highest BCUT2D eigenvalue weighted by Crippen LogP contribution is 2.35. The SMILES string of the molecule is CC(C)(O)c1cc(F)cc(-c2cc(C(=O)Nc3ccc(OC(F)(F)F)cc3)cnc2N2CC[C@@H](O)C2)c1. The van der Waals surface area contributed by atoms with Crippen LogP contribution in [0.4, 0.5) is 29.1 Å². The number of anilines is 2. The second kappa shape index (κ2) is 9.98. The number of ether oxygens (including phenoxy) is 1. The minimum absolute atomic E-state index is 0.114. The summed E-state index contributed by atoms with van der Waals surface area (Å²) >= 11 is 0. The summed E-state index contributed by atoms with van der Waals surface area (Å²) in [6.45, 7) is 3.87. The van der Waals surface area contributed by atoms with Crippen molar-refractivity contribution in [1.82, 2.24) is 4.98 Å². The molecule has 2 aromatic carbocycles. The Balaban J connectivity index is 1.68. The number of rotatable bonds is 6. The van der Waals surface area contributed by atoms with Crippen molar-refractivity contribution < 1.29 is 37.3 Å². The van der Waals surface area contributed by atoms with E-state index < -0.39 is 35.5 Å². The number of aromatic nitrogens is 1. The van der Waals surface area contributed by atoms with Crippen molar-refractivity contribution >= 4 is 17.4 Å². The Hall–Kier alpha value is -3.70. The first-order chi connectivity index (χ1) is 17.3. The number of hydrogen-bond acceptors (Lipinski definition) is 6. The number of aliphatic hydroxyl groups excluding tert-OH is 1. The zero-order valence-electron chi connectivity index (χ0n) is 20.0. The number of hydrogen-bond donors (Lipinski definition) is 3. The molecule has 2 heterocycles. The van der Waals surface area contributed by atoms with Crippen LogP contribution < -0.4 is 15.0 Å². The normalized spacial score (nSPS) is 16.1. The highest BCUT2D eigenvalue weighted by molar-refractivity contribution is 6.05. The van der Waals surface area contributed by atoms with Crippen molar-refractivity contribution in [1.29, 1.82) is 0 Å². The van der Waals surface area contributed by atoms with Crippen LogP contribution in [0.5, 0.6) is 5.75 Å². The van der Waals surface area contributed by atoms with Gasteiger partial charge in [-0.3, -0.25) is 4.79 Å². The van der Waals surface area contributed by atoms with Gasteiger partial charge in [0.25, 0.3) is 5.91 Å². The lowest BCUT2D eigenvalue weighted by molar-refractivity contribution is -0.274. The number of β-amino-alcohol motifs (C(OH)–C–C–N with tert-alkyl or cyclic N) is 1. The van der Waals surface area contributed by atoms with Gasteiger partial charge in [-0.1, -0.05) is 0 Å². The first-order valence-corrected chi connectivity index (χ1v) is 11.4. The lowest BCUT2D eigenvalue weighted by Crippen LogP contribution is -2.23. The van der Waals surface area contributed by atoms with E-state index in [1.807, 2.05) is 4.90 Å². The van der Waals surface area contributed by atoms with Crippen LogP contribution in [0, 0.1) is 5.82 Å².